The van der Waals surface area contributed by atoms with Crippen LogP contribution in [-0.4, -0.2) is 45.4 Å². The predicted molar refractivity (Wildman–Crippen MR) is 167 cm³/mol. The fourth-order valence-electron chi connectivity index (χ4n) is 3.46. The zero-order chi connectivity index (χ0) is 32.0. The molecule has 8 nitrogen and oxygen atoms in total. The summed E-state index contributed by atoms with van der Waals surface area (Å²) < 4.78 is 40.1. The van der Waals surface area contributed by atoms with Crippen LogP contribution < -0.4 is 10.2 Å². The van der Waals surface area contributed by atoms with Crippen LogP contribution in [0.25, 0.3) is 0 Å². The second kappa shape index (κ2) is 14.4. The number of carbonyl (C=O) groups is 3. The molecular formula is C30H37ClFN2O6PS. The van der Waals surface area contributed by atoms with Gasteiger partial charge in [-0.05, 0) is 78.3 Å². The number of nitrogens with zero attached hydrogens (tertiary/aromatic N) is 1. The number of hydrogen-bond donors (Lipinski definition) is 1. The number of Topliss-reactive ketones (excluding diaryl/α,β-unsaturated/α-hetero) is 1. The first-order valence-corrected chi connectivity index (χ1v) is 15.2. The lowest BCUT2D eigenvalue weighted by atomic mass is 9.87. The number of ether oxygens (including phenoxy) is 2. The molecule has 1 unspecified atom stereocenters. The highest BCUT2D eigenvalue weighted by molar-refractivity contribution is 7.85. The van der Waals surface area contributed by atoms with Crippen molar-refractivity contribution in [1.29, 1.82) is 0 Å². The number of allylic oxidation sites excluding steroid dienone is 1. The van der Waals surface area contributed by atoms with Crippen LogP contribution in [0.5, 0.6) is 0 Å². The van der Waals surface area contributed by atoms with Gasteiger partial charge in [-0.25, -0.2) is 9.18 Å². The third-order valence-electron chi connectivity index (χ3n) is 6.21. The molecular weight excluding hydrogens is 602 g/mol. The Bertz CT molecular complexity index is 1390. The molecule has 12 heteroatoms. The molecule has 0 fully saturated rings. The number of anilines is 1. The molecule has 0 aliphatic heterocycles. The lowest BCUT2D eigenvalue weighted by Gasteiger charge is -2.26. The molecule has 2 atom stereocenters. The van der Waals surface area contributed by atoms with E-state index in [1.807, 2.05) is 0 Å². The molecule has 2 aromatic rings. The topological polar surface area (TPSA) is 102 Å². The number of alkyl carbamates (subject to hydrolysis) is 1. The smallest absolute Gasteiger partial charge is 0.407 e. The third-order valence-corrected chi connectivity index (χ3v) is 8.45. The van der Waals surface area contributed by atoms with Crippen LogP contribution in [0.15, 0.2) is 53.6 Å². The van der Waals surface area contributed by atoms with Crippen LogP contribution in [0.1, 0.15) is 59.6 Å². The highest BCUT2D eigenvalue weighted by atomic mass is 35.5. The molecule has 0 aliphatic rings. The summed E-state index contributed by atoms with van der Waals surface area (Å²) in [5.41, 5.74) is -1.11. The average Bonchev–Trinajstić information content (AvgIpc) is 2.86. The van der Waals surface area contributed by atoms with Gasteiger partial charge in [-0.1, -0.05) is 39.2 Å². The van der Waals surface area contributed by atoms with E-state index in [0.29, 0.717) is 17.0 Å². The Morgan fingerprint density at radius 3 is 2.31 bits per heavy atom. The van der Waals surface area contributed by atoms with Gasteiger partial charge in [0.15, 0.2) is 5.48 Å². The molecule has 1 N–H and O–H groups in total. The maximum Gasteiger partial charge on any atom is 0.407 e. The quantitative estimate of drug-likeness (QED) is 0.154. The Balaban J connectivity index is 2.50. The zero-order valence-electron chi connectivity index (χ0n) is 24.8. The van der Waals surface area contributed by atoms with Gasteiger partial charge in [0.05, 0.1) is 38.9 Å². The molecule has 228 valence electrons. The molecule has 0 aromatic heterocycles. The van der Waals surface area contributed by atoms with E-state index in [9.17, 15) is 18.6 Å². The van der Waals surface area contributed by atoms with Crippen molar-refractivity contribution in [3.8, 4) is 0 Å². The minimum atomic E-state index is -1.87. The van der Waals surface area contributed by atoms with E-state index < -0.39 is 39.8 Å². The van der Waals surface area contributed by atoms with Gasteiger partial charge in [0, 0.05) is 16.8 Å². The van der Waals surface area contributed by atoms with Crippen molar-refractivity contribution < 1.29 is 32.5 Å². The number of carbonyl (C=O) groups excluding carboxylic acids is 3. The number of rotatable bonds is 13. The van der Waals surface area contributed by atoms with Gasteiger partial charge in [0.25, 0.3) is 0 Å². The molecule has 2 amide bonds. The van der Waals surface area contributed by atoms with Gasteiger partial charge in [-0.2, -0.15) is 0 Å². The van der Waals surface area contributed by atoms with E-state index in [4.69, 9.17) is 21.1 Å². The van der Waals surface area contributed by atoms with Gasteiger partial charge >= 0.3 is 6.09 Å². The Morgan fingerprint density at radius 1 is 1.19 bits per heavy atom. The van der Waals surface area contributed by atoms with Crippen LogP contribution in [0.2, 0.25) is 5.02 Å². The zero-order valence-corrected chi connectivity index (χ0v) is 27.4. The van der Waals surface area contributed by atoms with Gasteiger partial charge < -0.3 is 19.7 Å². The molecule has 0 spiro atoms. The summed E-state index contributed by atoms with van der Waals surface area (Å²) in [6.07, 6.45) is -0.143. The first kappa shape index (κ1) is 35.1. The van der Waals surface area contributed by atoms with Crippen LogP contribution in [0.4, 0.5) is 14.9 Å². The summed E-state index contributed by atoms with van der Waals surface area (Å²) >= 11 is 6.00. The summed E-state index contributed by atoms with van der Waals surface area (Å²) in [5.74, 6) is -1.03. The second-order valence-electron chi connectivity index (χ2n) is 11.3. The highest BCUT2D eigenvalue weighted by Gasteiger charge is 2.31. The standard InChI is InChI=1S/C30H37ClFN2O6PS/c1-18(33-28(37)40-29(4,5)6)16-42(38)26-14-24(32)23(27(41)39-20(3)30(7,8)19(2)36)13-25(26)34(17-35)15-21-9-11-22(31)12-10-21/h9-14,17-18,41H,3,15-16H2,1-2,4-8H3,(H,33,37)/t18-,42?/m1/s1. The van der Waals surface area contributed by atoms with Gasteiger partial charge in [-0.3, -0.25) is 13.8 Å². The molecule has 0 heterocycles. The number of benzene rings is 2. The molecule has 42 heavy (non-hydrogen) atoms. The molecule has 2 rings (SSSR count). The van der Waals surface area contributed by atoms with Crippen LogP contribution in [-0.2, 0) is 36.4 Å². The molecule has 0 saturated carbocycles. The van der Waals surface area contributed by atoms with E-state index in [1.54, 1.807) is 65.8 Å². The lowest BCUT2D eigenvalue weighted by molar-refractivity contribution is -0.124. The summed E-state index contributed by atoms with van der Waals surface area (Å²) in [7, 11) is 1.43. The molecule has 0 saturated heterocycles. The van der Waals surface area contributed by atoms with E-state index >= 15 is 4.39 Å². The van der Waals surface area contributed by atoms with E-state index in [-0.39, 0.29) is 45.5 Å². The van der Waals surface area contributed by atoms with E-state index in [2.05, 4.69) is 20.8 Å². The van der Waals surface area contributed by atoms with Crippen LogP contribution in [0.3, 0.4) is 0 Å². The number of amides is 2. The first-order valence-electron chi connectivity index (χ1n) is 13.0. The van der Waals surface area contributed by atoms with Crippen molar-refractivity contribution in [2.24, 2.45) is 5.41 Å². The number of nitrogens with one attached hydrogen (secondary N) is 1. The van der Waals surface area contributed by atoms with Crippen molar-refractivity contribution in [3.63, 3.8) is 0 Å². The molecule has 0 radical (unpaired) electrons. The normalized spacial score (nSPS) is 13.0. The van der Waals surface area contributed by atoms with Gasteiger partial charge in [0.1, 0.15) is 23.0 Å². The molecule has 2 aromatic carbocycles. The first-order chi connectivity index (χ1) is 19.3. The predicted octanol–water partition coefficient (Wildman–Crippen LogP) is 6.43. The summed E-state index contributed by atoms with van der Waals surface area (Å²) in [6.45, 7) is 15.3. The lowest BCUT2D eigenvalue weighted by Crippen LogP contribution is -2.40. The Morgan fingerprint density at radius 2 is 1.79 bits per heavy atom. The summed E-state index contributed by atoms with van der Waals surface area (Å²) in [6, 6.07) is 8.56. The van der Waals surface area contributed by atoms with Gasteiger partial charge in [-0.15, -0.1) is 0 Å². The average molecular weight is 639 g/mol. The maximum atomic E-state index is 15.5. The molecule has 0 aliphatic carbocycles. The maximum absolute atomic E-state index is 15.5. The van der Waals surface area contributed by atoms with Crippen molar-refractivity contribution in [3.05, 3.63) is 70.7 Å². The highest BCUT2D eigenvalue weighted by Crippen LogP contribution is 2.32. The van der Waals surface area contributed by atoms with Crippen molar-refractivity contribution >= 4 is 60.7 Å². The van der Waals surface area contributed by atoms with Crippen LogP contribution >= 0.6 is 20.5 Å². The minimum absolute atomic E-state index is 0.0255. The van der Waals surface area contributed by atoms with Crippen molar-refractivity contribution in [1.82, 2.24) is 5.32 Å². The SMILES string of the molecule is C=C(OC(=P)c1cc(N(C=O)Cc2ccc(Cl)cc2)c(S(=O)C[C@@H](C)NC(=O)OC(C)(C)C)cc1F)C(C)(C)C(C)=O. The Labute approximate surface area is 256 Å². The summed E-state index contributed by atoms with van der Waals surface area (Å²) in [4.78, 5) is 37.9. The number of ketones is 1. The summed E-state index contributed by atoms with van der Waals surface area (Å²) in [5, 5.41) is 3.13. The monoisotopic (exact) mass is 638 g/mol. The van der Waals surface area contributed by atoms with Crippen LogP contribution in [0, 0.1) is 11.2 Å². The van der Waals surface area contributed by atoms with E-state index in [0.717, 1.165) is 6.07 Å². The fraction of sp³-hybridized carbons (Fsp3) is 0.400. The number of halogens is 2. The van der Waals surface area contributed by atoms with E-state index in [1.165, 1.54) is 17.9 Å². The largest absolute Gasteiger partial charge is 0.456 e. The third kappa shape index (κ3) is 9.75. The number of hydrogen-bond acceptors (Lipinski definition) is 6. The Hall–Kier alpha value is -3.07. The van der Waals surface area contributed by atoms with Gasteiger partial charge in [0.2, 0.25) is 6.41 Å². The second-order valence-corrected chi connectivity index (χ2v) is 13.6. The minimum Gasteiger partial charge on any atom is -0.456 e. The van der Waals surface area contributed by atoms with Crippen molar-refractivity contribution in [2.45, 2.75) is 71.5 Å². The molecule has 0 bridgehead atoms. The fourth-order valence-corrected chi connectivity index (χ4v) is 5.26. The van der Waals surface area contributed by atoms with Crippen molar-refractivity contribution in [2.75, 3.05) is 10.7 Å². The Kier molecular flexibility index (Phi) is 12.0.